The second kappa shape index (κ2) is 5.05. The standard InChI is InChI=1S/C14H24N2/c1-4-16-11(2)8-14(12(16)3)10-15-9-13-6-5-7-13/h8,13,15H,4-7,9-10H2,1-3H3. The van der Waals surface area contributed by atoms with Gasteiger partial charge in [0, 0.05) is 24.5 Å². The monoisotopic (exact) mass is 220 g/mol. The molecule has 0 aromatic carbocycles. The van der Waals surface area contributed by atoms with Crippen molar-refractivity contribution < 1.29 is 0 Å². The minimum atomic E-state index is 0.953. The van der Waals surface area contributed by atoms with Crippen molar-refractivity contribution in [1.82, 2.24) is 9.88 Å². The maximum Gasteiger partial charge on any atom is 0.0223 e. The lowest BCUT2D eigenvalue weighted by molar-refractivity contribution is 0.301. The summed E-state index contributed by atoms with van der Waals surface area (Å²) in [7, 11) is 0. The van der Waals surface area contributed by atoms with Crippen molar-refractivity contribution >= 4 is 0 Å². The summed E-state index contributed by atoms with van der Waals surface area (Å²) in [5.74, 6) is 0.953. The average Bonchev–Trinajstić information content (AvgIpc) is 2.46. The van der Waals surface area contributed by atoms with Crippen molar-refractivity contribution in [1.29, 1.82) is 0 Å². The first kappa shape index (κ1) is 11.7. The molecule has 0 spiro atoms. The highest BCUT2D eigenvalue weighted by Gasteiger charge is 2.16. The molecule has 2 heteroatoms. The van der Waals surface area contributed by atoms with Gasteiger partial charge in [0.1, 0.15) is 0 Å². The third-order valence-corrected chi connectivity index (χ3v) is 3.97. The predicted molar refractivity (Wildman–Crippen MR) is 68.6 cm³/mol. The fourth-order valence-electron chi connectivity index (χ4n) is 2.65. The summed E-state index contributed by atoms with van der Waals surface area (Å²) in [5, 5.41) is 3.60. The van der Waals surface area contributed by atoms with E-state index < -0.39 is 0 Å². The first-order valence-electron chi connectivity index (χ1n) is 6.58. The van der Waals surface area contributed by atoms with E-state index in [1.165, 1.54) is 42.8 Å². The normalized spacial score (nSPS) is 16.4. The van der Waals surface area contributed by atoms with Crippen LogP contribution in [-0.2, 0) is 13.1 Å². The molecule has 1 saturated carbocycles. The highest BCUT2D eigenvalue weighted by Crippen LogP contribution is 2.25. The van der Waals surface area contributed by atoms with E-state index in [1.54, 1.807) is 0 Å². The topological polar surface area (TPSA) is 17.0 Å². The SMILES string of the molecule is CCn1c(C)cc(CNCC2CCC2)c1C. The lowest BCUT2D eigenvalue weighted by Crippen LogP contribution is -2.27. The van der Waals surface area contributed by atoms with Crippen LogP contribution in [0.25, 0.3) is 0 Å². The first-order valence-corrected chi connectivity index (χ1v) is 6.58. The van der Waals surface area contributed by atoms with E-state index in [1.807, 2.05) is 0 Å². The van der Waals surface area contributed by atoms with Crippen molar-refractivity contribution in [2.24, 2.45) is 5.92 Å². The summed E-state index contributed by atoms with van der Waals surface area (Å²) in [6.07, 6.45) is 4.30. The van der Waals surface area contributed by atoms with E-state index in [0.717, 1.165) is 19.0 Å². The summed E-state index contributed by atoms with van der Waals surface area (Å²) in [4.78, 5) is 0. The van der Waals surface area contributed by atoms with Crippen LogP contribution >= 0.6 is 0 Å². The summed E-state index contributed by atoms with van der Waals surface area (Å²) in [6, 6.07) is 2.33. The van der Waals surface area contributed by atoms with E-state index in [2.05, 4.69) is 36.7 Å². The second-order valence-corrected chi connectivity index (χ2v) is 5.07. The molecule has 1 heterocycles. The summed E-state index contributed by atoms with van der Waals surface area (Å²) in [6.45, 7) is 9.97. The van der Waals surface area contributed by atoms with Gasteiger partial charge in [0.2, 0.25) is 0 Å². The zero-order valence-electron chi connectivity index (χ0n) is 10.8. The van der Waals surface area contributed by atoms with Crippen LogP contribution in [0.4, 0.5) is 0 Å². The second-order valence-electron chi connectivity index (χ2n) is 5.07. The van der Waals surface area contributed by atoms with E-state index in [0.29, 0.717) is 0 Å². The van der Waals surface area contributed by atoms with Gasteiger partial charge in [-0.2, -0.15) is 0 Å². The van der Waals surface area contributed by atoms with Crippen molar-refractivity contribution in [3.63, 3.8) is 0 Å². The molecule has 0 atom stereocenters. The van der Waals surface area contributed by atoms with Gasteiger partial charge in [0.15, 0.2) is 0 Å². The molecule has 1 aromatic heterocycles. The molecule has 0 radical (unpaired) electrons. The smallest absolute Gasteiger partial charge is 0.0223 e. The van der Waals surface area contributed by atoms with Crippen LogP contribution in [0.2, 0.25) is 0 Å². The molecule has 1 aliphatic rings. The van der Waals surface area contributed by atoms with Gasteiger partial charge in [-0.25, -0.2) is 0 Å². The van der Waals surface area contributed by atoms with Gasteiger partial charge in [-0.05, 0) is 57.7 Å². The molecule has 0 aliphatic heterocycles. The molecule has 16 heavy (non-hydrogen) atoms. The number of aromatic nitrogens is 1. The van der Waals surface area contributed by atoms with Gasteiger partial charge < -0.3 is 9.88 Å². The maximum atomic E-state index is 3.60. The Labute approximate surface area is 99.0 Å². The van der Waals surface area contributed by atoms with E-state index in [9.17, 15) is 0 Å². The number of rotatable bonds is 5. The van der Waals surface area contributed by atoms with Gasteiger partial charge in [0.05, 0.1) is 0 Å². The fraction of sp³-hybridized carbons (Fsp3) is 0.714. The Hall–Kier alpha value is -0.760. The molecule has 0 unspecified atom stereocenters. The van der Waals surface area contributed by atoms with E-state index >= 15 is 0 Å². The van der Waals surface area contributed by atoms with Crippen LogP contribution in [0.1, 0.15) is 43.1 Å². The fourth-order valence-corrected chi connectivity index (χ4v) is 2.65. The van der Waals surface area contributed by atoms with E-state index in [4.69, 9.17) is 0 Å². The average molecular weight is 220 g/mol. The maximum absolute atomic E-state index is 3.60. The largest absolute Gasteiger partial charge is 0.349 e. The van der Waals surface area contributed by atoms with Crippen LogP contribution in [0.3, 0.4) is 0 Å². The predicted octanol–water partition coefficient (Wildman–Crippen LogP) is 3.01. The molecule has 0 amide bonds. The number of nitrogens with one attached hydrogen (secondary N) is 1. The Morgan fingerprint density at radius 3 is 2.62 bits per heavy atom. The molecule has 2 rings (SSSR count). The number of hydrogen-bond donors (Lipinski definition) is 1. The van der Waals surface area contributed by atoms with Gasteiger partial charge in [0.25, 0.3) is 0 Å². The zero-order chi connectivity index (χ0) is 11.5. The summed E-state index contributed by atoms with van der Waals surface area (Å²) >= 11 is 0. The Bertz CT molecular complexity index is 348. The van der Waals surface area contributed by atoms with Crippen molar-refractivity contribution in [3.05, 3.63) is 23.0 Å². The Kier molecular flexibility index (Phi) is 3.70. The van der Waals surface area contributed by atoms with Crippen LogP contribution in [0.5, 0.6) is 0 Å². The number of aryl methyl sites for hydroxylation is 1. The lowest BCUT2D eigenvalue weighted by Gasteiger charge is -2.25. The molecule has 1 fully saturated rings. The number of hydrogen-bond acceptors (Lipinski definition) is 1. The molecule has 0 saturated heterocycles. The van der Waals surface area contributed by atoms with Crippen LogP contribution < -0.4 is 5.32 Å². The molecule has 1 aliphatic carbocycles. The highest BCUT2D eigenvalue weighted by atomic mass is 15.0. The third-order valence-electron chi connectivity index (χ3n) is 3.97. The number of nitrogens with zero attached hydrogens (tertiary/aromatic N) is 1. The zero-order valence-corrected chi connectivity index (χ0v) is 10.8. The van der Waals surface area contributed by atoms with Crippen molar-refractivity contribution in [2.45, 2.75) is 53.1 Å². The quantitative estimate of drug-likeness (QED) is 0.807. The molecule has 1 aromatic rings. The van der Waals surface area contributed by atoms with Crippen LogP contribution in [0.15, 0.2) is 6.07 Å². The van der Waals surface area contributed by atoms with Crippen molar-refractivity contribution in [3.8, 4) is 0 Å². The van der Waals surface area contributed by atoms with E-state index in [-0.39, 0.29) is 0 Å². The highest BCUT2D eigenvalue weighted by molar-refractivity contribution is 5.26. The first-order chi connectivity index (χ1) is 7.72. The van der Waals surface area contributed by atoms with Gasteiger partial charge in [-0.15, -0.1) is 0 Å². The Morgan fingerprint density at radius 1 is 1.38 bits per heavy atom. The van der Waals surface area contributed by atoms with Gasteiger partial charge >= 0.3 is 0 Å². The molecule has 2 nitrogen and oxygen atoms in total. The molecule has 0 bridgehead atoms. The summed E-state index contributed by atoms with van der Waals surface area (Å²) < 4.78 is 2.39. The molecule has 1 N–H and O–H groups in total. The Balaban J connectivity index is 1.88. The molecule has 90 valence electrons. The molecular formula is C14H24N2. The van der Waals surface area contributed by atoms with Gasteiger partial charge in [-0.1, -0.05) is 6.42 Å². The van der Waals surface area contributed by atoms with Gasteiger partial charge in [-0.3, -0.25) is 0 Å². The van der Waals surface area contributed by atoms with Crippen LogP contribution in [0, 0.1) is 19.8 Å². The van der Waals surface area contributed by atoms with Crippen LogP contribution in [-0.4, -0.2) is 11.1 Å². The summed E-state index contributed by atoms with van der Waals surface area (Å²) in [5.41, 5.74) is 4.29. The third kappa shape index (κ3) is 2.32. The molecular weight excluding hydrogens is 196 g/mol. The lowest BCUT2D eigenvalue weighted by atomic mass is 9.85. The van der Waals surface area contributed by atoms with Crippen molar-refractivity contribution in [2.75, 3.05) is 6.54 Å². The Morgan fingerprint density at radius 2 is 2.12 bits per heavy atom. The minimum Gasteiger partial charge on any atom is -0.349 e. The minimum absolute atomic E-state index is 0.953.